The van der Waals surface area contributed by atoms with Crippen LogP contribution in [0.5, 0.6) is 0 Å². The lowest BCUT2D eigenvalue weighted by Gasteiger charge is -2.34. The van der Waals surface area contributed by atoms with Crippen LogP contribution < -0.4 is 0 Å². The monoisotopic (exact) mass is 424 g/mol. The molecular formula is C22H21BrO2Si. The second kappa shape index (κ2) is 5.60. The van der Waals surface area contributed by atoms with Crippen molar-refractivity contribution in [3.8, 4) is 0 Å². The Balaban J connectivity index is 1.64. The summed E-state index contributed by atoms with van der Waals surface area (Å²) in [5, 5.41) is 1.58. The van der Waals surface area contributed by atoms with Crippen molar-refractivity contribution in [2.24, 2.45) is 0 Å². The van der Waals surface area contributed by atoms with E-state index in [4.69, 9.17) is 9.47 Å². The van der Waals surface area contributed by atoms with E-state index in [1.807, 2.05) is 0 Å². The van der Waals surface area contributed by atoms with Crippen LogP contribution in [0.1, 0.15) is 30.0 Å². The van der Waals surface area contributed by atoms with Gasteiger partial charge in [-0.3, -0.25) is 0 Å². The fourth-order valence-electron chi connectivity index (χ4n) is 4.96. The van der Waals surface area contributed by atoms with Crippen molar-refractivity contribution in [3.63, 3.8) is 0 Å². The molecule has 1 heterocycles. The topological polar surface area (TPSA) is 18.5 Å². The molecule has 2 nitrogen and oxygen atoms in total. The van der Waals surface area contributed by atoms with E-state index in [0.29, 0.717) is 12.3 Å². The Labute approximate surface area is 163 Å². The van der Waals surface area contributed by atoms with Crippen molar-refractivity contribution in [3.05, 3.63) is 85.5 Å². The molecule has 26 heavy (non-hydrogen) atoms. The maximum Gasteiger partial charge on any atom is 0.230 e. The maximum atomic E-state index is 5.75. The summed E-state index contributed by atoms with van der Waals surface area (Å²) in [6.45, 7) is 7.62. The highest BCUT2D eigenvalue weighted by Gasteiger charge is 2.44. The third-order valence-corrected chi connectivity index (χ3v) is 10.9. The molecule has 1 aromatic rings. The molecule has 0 radical (unpaired) electrons. The first-order chi connectivity index (χ1) is 12.5. The van der Waals surface area contributed by atoms with Gasteiger partial charge < -0.3 is 9.47 Å². The minimum absolute atomic E-state index is 0.331. The number of hydrogen-bond acceptors (Lipinski definition) is 2. The van der Waals surface area contributed by atoms with Gasteiger partial charge in [0.2, 0.25) is 6.79 Å². The van der Waals surface area contributed by atoms with Crippen LogP contribution in [0.4, 0.5) is 0 Å². The summed E-state index contributed by atoms with van der Waals surface area (Å²) in [4.78, 5) is 0. The van der Waals surface area contributed by atoms with Crippen molar-refractivity contribution in [1.82, 2.24) is 0 Å². The first kappa shape index (κ1) is 16.4. The molecule has 4 heteroatoms. The Morgan fingerprint density at radius 3 is 2.81 bits per heavy atom. The summed E-state index contributed by atoms with van der Waals surface area (Å²) in [5.74, 6) is 1.86. The van der Waals surface area contributed by atoms with Crippen LogP contribution in [0.25, 0.3) is 6.08 Å². The van der Waals surface area contributed by atoms with Crippen LogP contribution in [0.15, 0.2) is 74.3 Å². The number of hydrogen-bond donors (Lipinski definition) is 0. The molecule has 0 amide bonds. The number of fused-ring (bicyclic) bond motifs is 2. The van der Waals surface area contributed by atoms with Gasteiger partial charge in [0, 0.05) is 12.0 Å². The molecule has 1 aliphatic heterocycles. The molecule has 0 N–H and O–H groups in total. The molecule has 0 bridgehead atoms. The Morgan fingerprint density at radius 1 is 1.15 bits per heavy atom. The summed E-state index contributed by atoms with van der Waals surface area (Å²) >= 11 is 3.77. The van der Waals surface area contributed by atoms with Crippen LogP contribution >= 0.6 is 15.9 Å². The molecule has 0 fully saturated rings. The number of halogens is 1. The third kappa shape index (κ3) is 2.15. The molecule has 1 aromatic carbocycles. The quantitative estimate of drug-likeness (QED) is 0.533. The predicted octanol–water partition coefficient (Wildman–Crippen LogP) is 6.11. The summed E-state index contributed by atoms with van der Waals surface area (Å²) in [6.07, 6.45) is 7.91. The van der Waals surface area contributed by atoms with Crippen LogP contribution in [-0.2, 0) is 9.47 Å². The second-order valence-electron chi connectivity index (χ2n) is 7.93. The van der Waals surface area contributed by atoms with Crippen molar-refractivity contribution in [2.75, 3.05) is 6.79 Å². The SMILES string of the molecule is CC1=CC2=C(Br)C3=C(CC2=C1[Si](C)(C)C1C=Cc2ccccc21)OCO3. The van der Waals surface area contributed by atoms with Gasteiger partial charge in [-0.15, -0.1) is 0 Å². The van der Waals surface area contributed by atoms with E-state index in [1.54, 1.807) is 5.20 Å². The molecule has 0 saturated carbocycles. The molecule has 0 saturated heterocycles. The summed E-state index contributed by atoms with van der Waals surface area (Å²) in [5.41, 5.74) is 7.51. The van der Waals surface area contributed by atoms with Crippen LogP contribution in [0.2, 0.25) is 13.1 Å². The highest BCUT2D eigenvalue weighted by molar-refractivity contribution is 9.12. The molecule has 4 aliphatic rings. The molecule has 5 rings (SSSR count). The van der Waals surface area contributed by atoms with E-state index < -0.39 is 8.07 Å². The second-order valence-corrected chi connectivity index (χ2v) is 13.3. The minimum atomic E-state index is -1.78. The van der Waals surface area contributed by atoms with Gasteiger partial charge in [-0.05, 0) is 45.1 Å². The lowest BCUT2D eigenvalue weighted by Crippen LogP contribution is -2.37. The largest absolute Gasteiger partial charge is 0.458 e. The normalized spacial score (nSPS) is 23.7. The van der Waals surface area contributed by atoms with Crippen LogP contribution in [-0.4, -0.2) is 14.9 Å². The van der Waals surface area contributed by atoms with Crippen LogP contribution in [0, 0.1) is 0 Å². The Morgan fingerprint density at radius 2 is 1.96 bits per heavy atom. The molecule has 132 valence electrons. The fraction of sp³-hybridized carbons (Fsp3) is 0.273. The highest BCUT2D eigenvalue weighted by atomic mass is 79.9. The lowest BCUT2D eigenvalue weighted by molar-refractivity contribution is 0.0734. The van der Waals surface area contributed by atoms with Gasteiger partial charge >= 0.3 is 0 Å². The van der Waals surface area contributed by atoms with Gasteiger partial charge in [-0.1, -0.05) is 66.4 Å². The average molecular weight is 425 g/mol. The van der Waals surface area contributed by atoms with E-state index in [0.717, 1.165) is 22.4 Å². The average Bonchev–Trinajstić information content (AvgIpc) is 3.31. The number of ether oxygens (including phenoxy) is 2. The van der Waals surface area contributed by atoms with Gasteiger partial charge in [0.15, 0.2) is 5.76 Å². The number of rotatable bonds is 2. The van der Waals surface area contributed by atoms with Crippen molar-refractivity contribution in [1.29, 1.82) is 0 Å². The lowest BCUT2D eigenvalue weighted by atomic mass is 9.99. The molecular weight excluding hydrogens is 404 g/mol. The predicted molar refractivity (Wildman–Crippen MR) is 111 cm³/mol. The van der Waals surface area contributed by atoms with Gasteiger partial charge in [0.25, 0.3) is 0 Å². The summed E-state index contributed by atoms with van der Waals surface area (Å²) < 4.78 is 12.5. The first-order valence-electron chi connectivity index (χ1n) is 9.07. The van der Waals surface area contributed by atoms with Gasteiger partial charge in [-0.2, -0.15) is 0 Å². The van der Waals surface area contributed by atoms with Crippen molar-refractivity contribution < 1.29 is 9.47 Å². The Kier molecular flexibility index (Phi) is 3.53. The molecule has 3 aliphatic carbocycles. The molecule has 1 atom stereocenters. The molecule has 0 aromatic heterocycles. The molecule has 1 unspecified atom stereocenters. The third-order valence-electron chi connectivity index (χ3n) is 6.07. The Bertz CT molecular complexity index is 991. The summed E-state index contributed by atoms with van der Waals surface area (Å²) in [7, 11) is -1.78. The first-order valence-corrected chi connectivity index (χ1v) is 12.9. The maximum absolute atomic E-state index is 5.75. The van der Waals surface area contributed by atoms with Gasteiger partial charge in [-0.25, -0.2) is 0 Å². The van der Waals surface area contributed by atoms with Crippen LogP contribution in [0.3, 0.4) is 0 Å². The van der Waals surface area contributed by atoms with E-state index in [9.17, 15) is 0 Å². The summed E-state index contributed by atoms with van der Waals surface area (Å²) in [6, 6.07) is 8.83. The smallest absolute Gasteiger partial charge is 0.230 e. The zero-order valence-corrected chi connectivity index (χ0v) is 17.8. The number of benzene rings is 1. The van der Waals surface area contributed by atoms with E-state index in [2.05, 4.69) is 78.4 Å². The fourth-order valence-corrected chi connectivity index (χ4v) is 9.67. The van der Waals surface area contributed by atoms with E-state index >= 15 is 0 Å². The zero-order chi connectivity index (χ0) is 18.1. The van der Waals surface area contributed by atoms with Gasteiger partial charge in [0.05, 0.1) is 12.6 Å². The zero-order valence-electron chi connectivity index (χ0n) is 15.2. The van der Waals surface area contributed by atoms with Crippen molar-refractivity contribution in [2.45, 2.75) is 32.0 Å². The van der Waals surface area contributed by atoms with E-state index in [1.165, 1.54) is 27.8 Å². The Hall–Kier alpha value is -1.78. The minimum Gasteiger partial charge on any atom is -0.458 e. The van der Waals surface area contributed by atoms with Crippen molar-refractivity contribution >= 4 is 30.1 Å². The van der Waals surface area contributed by atoms with E-state index in [-0.39, 0.29) is 0 Å². The standard InChI is InChI=1S/C22H21BrO2Si/c1-13-10-16-17(11-18-21(20(16)23)25-12-24-18)22(13)26(2,3)19-9-8-14-6-4-5-7-15(14)19/h4-10,19H,11-12H2,1-3H3. The van der Waals surface area contributed by atoms with Gasteiger partial charge in [0.1, 0.15) is 5.76 Å². The number of allylic oxidation sites excluding steroid dienone is 7. The highest BCUT2D eigenvalue weighted by Crippen LogP contribution is 2.51. The molecule has 0 spiro atoms.